The number of carbonyl (C=O) groups excluding carboxylic acids is 1. The third-order valence-corrected chi connectivity index (χ3v) is 3.85. The minimum atomic E-state index is -1.11. The lowest BCUT2D eigenvalue weighted by molar-refractivity contribution is 0.0140. The van der Waals surface area contributed by atoms with Crippen molar-refractivity contribution in [2.24, 2.45) is 0 Å². The van der Waals surface area contributed by atoms with Gasteiger partial charge in [0.25, 0.3) is 0 Å². The van der Waals surface area contributed by atoms with Gasteiger partial charge in [-0.2, -0.15) is 0 Å². The molecule has 2 aromatic rings. The summed E-state index contributed by atoms with van der Waals surface area (Å²) in [6.07, 6.45) is -2.55. The first-order chi connectivity index (χ1) is 12.0. The summed E-state index contributed by atoms with van der Waals surface area (Å²) < 4.78 is 5.08. The zero-order valence-corrected chi connectivity index (χ0v) is 14.2. The third-order valence-electron chi connectivity index (χ3n) is 3.85. The summed E-state index contributed by atoms with van der Waals surface area (Å²) in [5, 5.41) is 22.9. The fourth-order valence-electron chi connectivity index (χ4n) is 2.41. The van der Waals surface area contributed by atoms with Gasteiger partial charge in [-0.05, 0) is 25.0 Å². The number of aliphatic hydroxyl groups is 2. The van der Waals surface area contributed by atoms with Crippen LogP contribution in [0.3, 0.4) is 0 Å². The number of benzene rings is 2. The molecule has 0 bridgehead atoms. The van der Waals surface area contributed by atoms with Crippen molar-refractivity contribution >= 4 is 11.8 Å². The van der Waals surface area contributed by atoms with E-state index in [0.29, 0.717) is 11.3 Å². The van der Waals surface area contributed by atoms with E-state index in [1.807, 2.05) is 43.3 Å². The fourth-order valence-corrected chi connectivity index (χ4v) is 2.41. The van der Waals surface area contributed by atoms with Gasteiger partial charge in [0.05, 0.1) is 6.10 Å². The van der Waals surface area contributed by atoms with E-state index in [0.717, 1.165) is 11.1 Å². The molecule has 0 aromatic heterocycles. The predicted octanol–water partition coefficient (Wildman–Crippen LogP) is 2.29. The molecule has 0 aliphatic heterocycles. The van der Waals surface area contributed by atoms with E-state index in [2.05, 4.69) is 5.32 Å². The molecule has 2 aromatic carbocycles. The number of aryl methyl sites for hydroxylation is 1. The molecule has 2 atom stereocenters. The number of carbonyl (C=O) groups is 1. The molecular weight excluding hydrogens is 320 g/mol. The van der Waals surface area contributed by atoms with E-state index in [1.54, 1.807) is 12.1 Å². The normalized spacial score (nSPS) is 13.1. The maximum atomic E-state index is 11.6. The van der Waals surface area contributed by atoms with Crippen molar-refractivity contribution in [3.05, 3.63) is 65.2 Å². The minimum Gasteiger partial charge on any atom is -0.445 e. The van der Waals surface area contributed by atoms with Crippen LogP contribution in [-0.2, 0) is 11.3 Å². The summed E-state index contributed by atoms with van der Waals surface area (Å²) in [6.45, 7) is 2.24. The van der Waals surface area contributed by atoms with Gasteiger partial charge in [0.1, 0.15) is 12.7 Å². The topological polar surface area (TPSA) is 105 Å². The first-order valence-electron chi connectivity index (χ1n) is 8.14. The van der Waals surface area contributed by atoms with Gasteiger partial charge < -0.3 is 26.0 Å². The molecule has 134 valence electrons. The van der Waals surface area contributed by atoms with Crippen molar-refractivity contribution in [2.75, 3.05) is 12.3 Å². The molecule has 6 heteroatoms. The molecule has 0 aliphatic rings. The zero-order chi connectivity index (χ0) is 18.2. The Labute approximate surface area is 147 Å². The molecule has 5 N–H and O–H groups in total. The van der Waals surface area contributed by atoms with Crippen LogP contribution in [0, 0.1) is 6.92 Å². The second kappa shape index (κ2) is 9.05. The van der Waals surface area contributed by atoms with Crippen LogP contribution < -0.4 is 11.1 Å². The van der Waals surface area contributed by atoms with Crippen LogP contribution in [0.4, 0.5) is 10.5 Å². The Balaban J connectivity index is 1.75. The van der Waals surface area contributed by atoms with Crippen LogP contribution in [0.25, 0.3) is 0 Å². The summed E-state index contributed by atoms with van der Waals surface area (Å²) in [5.41, 5.74) is 8.58. The number of anilines is 1. The Bertz CT molecular complexity index is 691. The van der Waals surface area contributed by atoms with Gasteiger partial charge in [-0.15, -0.1) is 0 Å². The highest BCUT2D eigenvalue weighted by Gasteiger charge is 2.20. The number of rotatable bonds is 7. The minimum absolute atomic E-state index is 0.176. The predicted molar refractivity (Wildman–Crippen MR) is 95.8 cm³/mol. The smallest absolute Gasteiger partial charge is 0.407 e. The summed E-state index contributed by atoms with van der Waals surface area (Å²) in [4.78, 5) is 11.6. The van der Waals surface area contributed by atoms with Crippen LogP contribution in [0.2, 0.25) is 0 Å². The van der Waals surface area contributed by atoms with Crippen LogP contribution in [0.15, 0.2) is 48.5 Å². The molecule has 25 heavy (non-hydrogen) atoms. The number of hydrogen-bond acceptors (Lipinski definition) is 5. The van der Waals surface area contributed by atoms with Gasteiger partial charge in [-0.25, -0.2) is 4.79 Å². The second-order valence-electron chi connectivity index (χ2n) is 5.92. The highest BCUT2D eigenvalue weighted by Crippen LogP contribution is 2.25. The number of alkyl carbamates (subject to hydrolysis) is 1. The fraction of sp³-hybridized carbons (Fsp3) is 0.316. The molecule has 0 heterocycles. The van der Waals surface area contributed by atoms with E-state index >= 15 is 0 Å². The molecule has 0 aliphatic carbocycles. The van der Waals surface area contributed by atoms with Gasteiger partial charge in [0.15, 0.2) is 0 Å². The van der Waals surface area contributed by atoms with Crippen molar-refractivity contribution < 1.29 is 19.7 Å². The third kappa shape index (κ3) is 5.77. The van der Waals surface area contributed by atoms with Crippen molar-refractivity contribution in [3.8, 4) is 0 Å². The highest BCUT2D eigenvalue weighted by molar-refractivity contribution is 5.67. The first kappa shape index (κ1) is 18.8. The molecule has 1 amide bonds. The van der Waals surface area contributed by atoms with Crippen LogP contribution in [-0.4, -0.2) is 29.0 Å². The Hall–Kier alpha value is -2.57. The Morgan fingerprint density at radius 1 is 1.20 bits per heavy atom. The molecular formula is C19H24N2O4. The van der Waals surface area contributed by atoms with Crippen molar-refractivity contribution in [1.82, 2.24) is 5.32 Å². The van der Waals surface area contributed by atoms with Gasteiger partial charge in [0, 0.05) is 17.8 Å². The number of nitrogens with two attached hydrogens (primary N) is 1. The highest BCUT2D eigenvalue weighted by atomic mass is 16.5. The number of nitrogens with one attached hydrogen (secondary N) is 1. The summed E-state index contributed by atoms with van der Waals surface area (Å²) in [5.74, 6) is 0. The van der Waals surface area contributed by atoms with Gasteiger partial charge >= 0.3 is 6.09 Å². The lowest BCUT2D eigenvalue weighted by Gasteiger charge is -2.20. The number of ether oxygens (including phenoxy) is 1. The van der Waals surface area contributed by atoms with Crippen LogP contribution in [0.1, 0.15) is 29.2 Å². The zero-order valence-electron chi connectivity index (χ0n) is 14.2. The lowest BCUT2D eigenvalue weighted by Crippen LogP contribution is -2.30. The van der Waals surface area contributed by atoms with Crippen molar-refractivity contribution in [1.29, 1.82) is 0 Å². The summed E-state index contributed by atoms with van der Waals surface area (Å²) >= 11 is 0. The van der Waals surface area contributed by atoms with Crippen LogP contribution >= 0.6 is 0 Å². The van der Waals surface area contributed by atoms with Gasteiger partial charge in [-0.3, -0.25) is 0 Å². The van der Waals surface area contributed by atoms with E-state index in [1.165, 1.54) is 0 Å². The van der Waals surface area contributed by atoms with Gasteiger partial charge in [0.2, 0.25) is 0 Å². The average molecular weight is 344 g/mol. The molecule has 0 saturated carbocycles. The molecule has 2 rings (SSSR count). The maximum absolute atomic E-state index is 11.6. The SMILES string of the molecule is Cc1ccc(N)c(C(O)C(O)CCNC(=O)OCc2ccccc2)c1. The number of hydrogen-bond donors (Lipinski definition) is 4. The van der Waals surface area contributed by atoms with E-state index in [-0.39, 0.29) is 19.6 Å². The standard InChI is InChI=1S/C19H24N2O4/c1-13-7-8-16(20)15(11-13)18(23)17(22)9-10-21-19(24)25-12-14-5-3-2-4-6-14/h2-8,11,17-18,22-23H,9-10,12,20H2,1H3,(H,21,24). The summed E-state index contributed by atoms with van der Waals surface area (Å²) in [7, 11) is 0. The second-order valence-corrected chi connectivity index (χ2v) is 5.92. The Kier molecular flexibility index (Phi) is 6.80. The lowest BCUT2D eigenvalue weighted by atomic mass is 9.99. The number of nitrogen functional groups attached to an aromatic ring is 1. The van der Waals surface area contributed by atoms with Gasteiger partial charge in [-0.1, -0.05) is 48.0 Å². The molecule has 0 spiro atoms. The van der Waals surface area contributed by atoms with E-state index in [4.69, 9.17) is 10.5 Å². The molecule has 0 saturated heterocycles. The Morgan fingerprint density at radius 3 is 2.64 bits per heavy atom. The maximum Gasteiger partial charge on any atom is 0.407 e. The average Bonchev–Trinajstić information content (AvgIpc) is 2.62. The van der Waals surface area contributed by atoms with Crippen molar-refractivity contribution in [2.45, 2.75) is 32.2 Å². The number of amides is 1. The summed E-state index contributed by atoms with van der Waals surface area (Å²) in [6, 6.07) is 14.6. The quantitative estimate of drug-likeness (QED) is 0.577. The largest absolute Gasteiger partial charge is 0.445 e. The monoisotopic (exact) mass is 344 g/mol. The van der Waals surface area contributed by atoms with E-state index < -0.39 is 18.3 Å². The molecule has 6 nitrogen and oxygen atoms in total. The van der Waals surface area contributed by atoms with E-state index in [9.17, 15) is 15.0 Å². The van der Waals surface area contributed by atoms with Crippen molar-refractivity contribution in [3.63, 3.8) is 0 Å². The molecule has 0 fully saturated rings. The Morgan fingerprint density at radius 2 is 1.92 bits per heavy atom. The van der Waals surface area contributed by atoms with Crippen LogP contribution in [0.5, 0.6) is 0 Å². The first-order valence-corrected chi connectivity index (χ1v) is 8.14. The number of aliphatic hydroxyl groups excluding tert-OH is 2. The molecule has 2 unspecified atom stereocenters. The molecule has 0 radical (unpaired) electrons.